The van der Waals surface area contributed by atoms with Crippen molar-refractivity contribution < 1.29 is 9.59 Å². The third kappa shape index (κ3) is 6.45. The minimum Gasteiger partial charge on any atom is -0.352 e. The van der Waals surface area contributed by atoms with E-state index in [1.54, 1.807) is 6.07 Å². The summed E-state index contributed by atoms with van der Waals surface area (Å²) in [5.74, 6) is 1.30. The fourth-order valence-electron chi connectivity index (χ4n) is 3.93. The molecule has 2 amide bonds. The van der Waals surface area contributed by atoms with Gasteiger partial charge in [-0.1, -0.05) is 32.0 Å². The first kappa shape index (κ1) is 20.4. The van der Waals surface area contributed by atoms with Crippen LogP contribution in [0.25, 0.3) is 0 Å². The zero-order chi connectivity index (χ0) is 19.1. The van der Waals surface area contributed by atoms with Gasteiger partial charge in [0, 0.05) is 44.2 Å². The molecule has 2 rings (SSSR count). The lowest BCUT2D eigenvalue weighted by atomic mass is 9.92. The van der Waals surface area contributed by atoms with Crippen molar-refractivity contribution >= 4 is 11.8 Å². The first-order chi connectivity index (χ1) is 12.3. The SMILES string of the molecule is Cc1ccccc1C(=O)NCCC(=O)NC(C)CN1CC(C)CC(C)C1. The molecular weight excluding hydrogens is 326 g/mol. The molecule has 0 aromatic heterocycles. The van der Waals surface area contributed by atoms with Gasteiger partial charge >= 0.3 is 0 Å². The van der Waals surface area contributed by atoms with Crippen LogP contribution in [-0.4, -0.2) is 48.9 Å². The highest BCUT2D eigenvalue weighted by Gasteiger charge is 2.23. The average Bonchev–Trinajstić information content (AvgIpc) is 2.53. The maximum absolute atomic E-state index is 12.1. The molecule has 2 N–H and O–H groups in total. The molecule has 26 heavy (non-hydrogen) atoms. The maximum atomic E-state index is 12.1. The highest BCUT2D eigenvalue weighted by Crippen LogP contribution is 2.20. The molecule has 0 spiro atoms. The van der Waals surface area contributed by atoms with Crippen LogP contribution >= 0.6 is 0 Å². The van der Waals surface area contributed by atoms with Crippen molar-refractivity contribution in [1.29, 1.82) is 0 Å². The van der Waals surface area contributed by atoms with E-state index in [1.807, 2.05) is 32.0 Å². The lowest BCUT2D eigenvalue weighted by molar-refractivity contribution is -0.121. The quantitative estimate of drug-likeness (QED) is 0.787. The topological polar surface area (TPSA) is 61.4 Å². The average molecular weight is 360 g/mol. The summed E-state index contributed by atoms with van der Waals surface area (Å²) in [6, 6.07) is 7.58. The lowest BCUT2D eigenvalue weighted by Crippen LogP contribution is -2.47. The number of likely N-dealkylation sites (tertiary alicyclic amines) is 1. The van der Waals surface area contributed by atoms with E-state index in [0.717, 1.165) is 37.0 Å². The van der Waals surface area contributed by atoms with E-state index in [-0.39, 0.29) is 17.9 Å². The number of carbonyl (C=O) groups excluding carboxylic acids is 2. The molecule has 1 aliphatic heterocycles. The van der Waals surface area contributed by atoms with Gasteiger partial charge in [0.2, 0.25) is 5.91 Å². The van der Waals surface area contributed by atoms with E-state index in [1.165, 1.54) is 6.42 Å². The molecule has 3 atom stereocenters. The van der Waals surface area contributed by atoms with Gasteiger partial charge in [-0.25, -0.2) is 0 Å². The van der Waals surface area contributed by atoms with E-state index in [4.69, 9.17) is 0 Å². The lowest BCUT2D eigenvalue weighted by Gasteiger charge is -2.36. The number of piperidine rings is 1. The number of rotatable bonds is 7. The Labute approximate surface area is 157 Å². The molecule has 0 bridgehead atoms. The number of nitrogens with zero attached hydrogens (tertiary/aromatic N) is 1. The van der Waals surface area contributed by atoms with Crippen molar-refractivity contribution in [1.82, 2.24) is 15.5 Å². The van der Waals surface area contributed by atoms with Gasteiger partial charge in [-0.05, 0) is 43.7 Å². The summed E-state index contributed by atoms with van der Waals surface area (Å²) < 4.78 is 0. The van der Waals surface area contributed by atoms with Crippen molar-refractivity contribution in [3.05, 3.63) is 35.4 Å². The van der Waals surface area contributed by atoms with Gasteiger partial charge in [-0.3, -0.25) is 9.59 Å². The molecule has 5 heteroatoms. The van der Waals surface area contributed by atoms with Crippen molar-refractivity contribution in [3.63, 3.8) is 0 Å². The van der Waals surface area contributed by atoms with Crippen LogP contribution in [0.3, 0.4) is 0 Å². The van der Waals surface area contributed by atoms with Crippen molar-refractivity contribution in [2.24, 2.45) is 11.8 Å². The van der Waals surface area contributed by atoms with Crippen LogP contribution in [0.15, 0.2) is 24.3 Å². The van der Waals surface area contributed by atoms with Crippen LogP contribution in [0.2, 0.25) is 0 Å². The molecule has 1 aromatic carbocycles. The largest absolute Gasteiger partial charge is 0.352 e. The number of benzene rings is 1. The van der Waals surface area contributed by atoms with E-state index in [9.17, 15) is 9.59 Å². The predicted octanol–water partition coefficient (Wildman–Crippen LogP) is 2.60. The molecule has 1 fully saturated rings. The summed E-state index contributed by atoms with van der Waals surface area (Å²) in [5.41, 5.74) is 1.60. The van der Waals surface area contributed by atoms with E-state index in [2.05, 4.69) is 29.4 Å². The smallest absolute Gasteiger partial charge is 0.251 e. The van der Waals surface area contributed by atoms with Gasteiger partial charge in [0.05, 0.1) is 0 Å². The van der Waals surface area contributed by atoms with Gasteiger partial charge in [0.1, 0.15) is 0 Å². The Morgan fingerprint density at radius 2 is 1.85 bits per heavy atom. The number of hydrogen-bond donors (Lipinski definition) is 2. The Bertz CT molecular complexity index is 607. The Morgan fingerprint density at radius 1 is 1.19 bits per heavy atom. The zero-order valence-electron chi connectivity index (χ0n) is 16.5. The fraction of sp³-hybridized carbons (Fsp3) is 0.619. The van der Waals surface area contributed by atoms with Gasteiger partial charge < -0.3 is 15.5 Å². The van der Waals surface area contributed by atoms with Crippen LogP contribution < -0.4 is 10.6 Å². The van der Waals surface area contributed by atoms with Crippen LogP contribution in [-0.2, 0) is 4.79 Å². The zero-order valence-corrected chi connectivity index (χ0v) is 16.5. The normalized spacial score (nSPS) is 21.8. The van der Waals surface area contributed by atoms with Crippen LogP contribution in [0.4, 0.5) is 0 Å². The highest BCUT2D eigenvalue weighted by atomic mass is 16.2. The fourth-order valence-corrected chi connectivity index (χ4v) is 3.93. The maximum Gasteiger partial charge on any atom is 0.251 e. The second kappa shape index (κ2) is 9.72. The van der Waals surface area contributed by atoms with Gasteiger partial charge in [-0.15, -0.1) is 0 Å². The van der Waals surface area contributed by atoms with Gasteiger partial charge in [-0.2, -0.15) is 0 Å². The molecule has 0 aliphatic carbocycles. The van der Waals surface area contributed by atoms with Gasteiger partial charge in [0.25, 0.3) is 5.91 Å². The first-order valence-corrected chi connectivity index (χ1v) is 9.70. The monoisotopic (exact) mass is 359 g/mol. The highest BCUT2D eigenvalue weighted by molar-refractivity contribution is 5.95. The van der Waals surface area contributed by atoms with Crippen LogP contribution in [0.1, 0.15) is 49.5 Å². The number of hydrogen-bond acceptors (Lipinski definition) is 3. The predicted molar refractivity (Wildman–Crippen MR) is 105 cm³/mol. The summed E-state index contributed by atoms with van der Waals surface area (Å²) in [6.07, 6.45) is 1.59. The Morgan fingerprint density at radius 3 is 2.50 bits per heavy atom. The minimum atomic E-state index is -0.125. The second-order valence-corrected chi connectivity index (χ2v) is 7.95. The Balaban J connectivity index is 1.68. The second-order valence-electron chi connectivity index (χ2n) is 7.95. The van der Waals surface area contributed by atoms with Crippen LogP contribution in [0.5, 0.6) is 0 Å². The van der Waals surface area contributed by atoms with Crippen LogP contribution in [0, 0.1) is 18.8 Å². The summed E-state index contributed by atoms with van der Waals surface area (Å²) in [5, 5.41) is 5.88. The molecule has 3 unspecified atom stereocenters. The van der Waals surface area contributed by atoms with E-state index >= 15 is 0 Å². The Kier molecular flexibility index (Phi) is 7.64. The van der Waals surface area contributed by atoms with Crippen molar-refractivity contribution in [3.8, 4) is 0 Å². The number of carbonyl (C=O) groups is 2. The number of amides is 2. The van der Waals surface area contributed by atoms with E-state index in [0.29, 0.717) is 18.5 Å². The first-order valence-electron chi connectivity index (χ1n) is 9.70. The summed E-state index contributed by atoms with van der Waals surface area (Å²) >= 11 is 0. The van der Waals surface area contributed by atoms with Crippen molar-refractivity contribution in [2.75, 3.05) is 26.2 Å². The molecule has 0 saturated carbocycles. The third-order valence-corrected chi connectivity index (χ3v) is 4.91. The standard InChI is InChI=1S/C21H33N3O2/c1-15-11-16(2)13-24(12-15)14-18(4)23-20(25)9-10-22-21(26)19-8-6-5-7-17(19)3/h5-8,15-16,18H,9-14H2,1-4H3,(H,22,26)(H,23,25). The minimum absolute atomic E-state index is 0.0133. The van der Waals surface area contributed by atoms with E-state index < -0.39 is 0 Å². The molecule has 1 aromatic rings. The molecule has 1 aliphatic rings. The van der Waals surface area contributed by atoms with Crippen molar-refractivity contribution in [2.45, 2.75) is 46.6 Å². The number of nitrogens with one attached hydrogen (secondary N) is 2. The molecular formula is C21H33N3O2. The molecule has 1 saturated heterocycles. The molecule has 5 nitrogen and oxygen atoms in total. The molecule has 144 valence electrons. The summed E-state index contributed by atoms with van der Waals surface area (Å²) in [7, 11) is 0. The summed E-state index contributed by atoms with van der Waals surface area (Å²) in [6.45, 7) is 12.0. The summed E-state index contributed by atoms with van der Waals surface area (Å²) in [4.78, 5) is 26.7. The third-order valence-electron chi connectivity index (χ3n) is 4.91. The Hall–Kier alpha value is -1.88. The molecule has 0 radical (unpaired) electrons. The van der Waals surface area contributed by atoms with Gasteiger partial charge in [0.15, 0.2) is 0 Å². The number of aryl methyl sites for hydroxylation is 1. The molecule has 1 heterocycles.